The van der Waals surface area contributed by atoms with Crippen LogP contribution in [0, 0.1) is 0 Å². The molecular weight excluding hydrogens is 284 g/mol. The lowest BCUT2D eigenvalue weighted by Crippen LogP contribution is -2.46. The van der Waals surface area contributed by atoms with Crippen molar-refractivity contribution >= 4 is 6.29 Å². The Morgan fingerprint density at radius 3 is 1.57 bits per heavy atom. The van der Waals surface area contributed by atoms with Gasteiger partial charge in [-0.2, -0.15) is 0 Å². The molecule has 23 heavy (non-hydrogen) atoms. The first-order valence-corrected chi connectivity index (χ1v) is 10.2. The summed E-state index contributed by atoms with van der Waals surface area (Å²) in [5.74, 6) is 0. The largest absolute Gasteiger partial charge is 0.302 e. The van der Waals surface area contributed by atoms with Crippen molar-refractivity contribution in [2.75, 3.05) is 39.3 Å². The second kappa shape index (κ2) is 15.1. The van der Waals surface area contributed by atoms with Crippen molar-refractivity contribution in [2.45, 2.75) is 84.0 Å². The van der Waals surface area contributed by atoms with Gasteiger partial charge in [0.05, 0.1) is 6.54 Å². The summed E-state index contributed by atoms with van der Waals surface area (Å²) in [6, 6.07) is 0. The Bertz CT molecular complexity index is 262. The zero-order chi connectivity index (χ0) is 16.6. The average Bonchev–Trinajstić information content (AvgIpc) is 2.57. The Morgan fingerprint density at radius 1 is 0.652 bits per heavy atom. The second-order valence-electron chi connectivity index (χ2n) is 7.20. The summed E-state index contributed by atoms with van der Waals surface area (Å²) in [5.41, 5.74) is 0. The fourth-order valence-corrected chi connectivity index (χ4v) is 3.48. The van der Waals surface area contributed by atoms with Crippen LogP contribution in [-0.2, 0) is 4.79 Å². The van der Waals surface area contributed by atoms with Crippen LogP contribution in [0.15, 0.2) is 0 Å². The summed E-state index contributed by atoms with van der Waals surface area (Å²) in [5, 5.41) is 0. The molecule has 0 spiro atoms. The van der Waals surface area contributed by atoms with Gasteiger partial charge in [-0.15, -0.1) is 0 Å². The van der Waals surface area contributed by atoms with Crippen LogP contribution in [0.4, 0.5) is 0 Å². The molecule has 0 aromatic carbocycles. The smallest absolute Gasteiger partial charge is 0.133 e. The number of nitrogens with zero attached hydrogens (tertiary/aromatic N) is 2. The monoisotopic (exact) mass is 324 g/mol. The van der Waals surface area contributed by atoms with Gasteiger partial charge in [-0.3, -0.25) is 4.90 Å². The minimum absolute atomic E-state index is 0.618. The summed E-state index contributed by atoms with van der Waals surface area (Å²) in [6.45, 7) is 8.58. The van der Waals surface area contributed by atoms with Gasteiger partial charge in [0.1, 0.15) is 6.29 Å². The summed E-state index contributed by atoms with van der Waals surface area (Å²) >= 11 is 0. The van der Waals surface area contributed by atoms with E-state index in [1.807, 2.05) is 0 Å². The molecule has 0 N–H and O–H groups in total. The van der Waals surface area contributed by atoms with Crippen LogP contribution in [-0.4, -0.2) is 55.4 Å². The van der Waals surface area contributed by atoms with E-state index in [1.165, 1.54) is 83.6 Å². The standard InChI is InChI=1S/C20H40N2O/c1-2-3-4-5-6-7-8-9-10-11-12-13-14-21-15-17-22(18-16-21)19-20-23/h20H,2-19H2,1H3. The number of piperazine rings is 1. The number of carbonyl (C=O) groups is 1. The van der Waals surface area contributed by atoms with Crippen LogP contribution in [0.5, 0.6) is 0 Å². The van der Waals surface area contributed by atoms with Gasteiger partial charge >= 0.3 is 0 Å². The van der Waals surface area contributed by atoms with Gasteiger partial charge in [-0.25, -0.2) is 0 Å². The molecule has 0 bridgehead atoms. The lowest BCUT2D eigenvalue weighted by molar-refractivity contribution is -0.109. The maximum absolute atomic E-state index is 10.5. The predicted molar refractivity (Wildman–Crippen MR) is 100 cm³/mol. The van der Waals surface area contributed by atoms with Gasteiger partial charge < -0.3 is 9.69 Å². The minimum atomic E-state index is 0.618. The van der Waals surface area contributed by atoms with Crippen LogP contribution in [0.1, 0.15) is 84.0 Å². The molecule has 3 heteroatoms. The Hall–Kier alpha value is -0.410. The van der Waals surface area contributed by atoms with Crippen LogP contribution < -0.4 is 0 Å². The van der Waals surface area contributed by atoms with E-state index in [1.54, 1.807) is 0 Å². The Morgan fingerprint density at radius 2 is 1.09 bits per heavy atom. The molecule has 0 atom stereocenters. The molecule has 0 aromatic rings. The normalized spacial score (nSPS) is 16.7. The van der Waals surface area contributed by atoms with Crippen LogP contribution >= 0.6 is 0 Å². The van der Waals surface area contributed by atoms with Crippen molar-refractivity contribution in [1.29, 1.82) is 0 Å². The molecule has 0 unspecified atom stereocenters. The van der Waals surface area contributed by atoms with Gasteiger partial charge in [0, 0.05) is 26.2 Å². The van der Waals surface area contributed by atoms with Crippen molar-refractivity contribution in [3.8, 4) is 0 Å². The van der Waals surface area contributed by atoms with Crippen LogP contribution in [0.2, 0.25) is 0 Å². The van der Waals surface area contributed by atoms with E-state index in [2.05, 4.69) is 16.7 Å². The average molecular weight is 325 g/mol. The highest BCUT2D eigenvalue weighted by atomic mass is 16.1. The van der Waals surface area contributed by atoms with E-state index in [-0.39, 0.29) is 0 Å². The highest BCUT2D eigenvalue weighted by Crippen LogP contribution is 2.12. The molecule has 1 fully saturated rings. The quantitative estimate of drug-likeness (QED) is 0.327. The highest BCUT2D eigenvalue weighted by Gasteiger charge is 2.15. The number of rotatable bonds is 15. The zero-order valence-electron chi connectivity index (χ0n) is 15.6. The van der Waals surface area contributed by atoms with E-state index in [0.717, 1.165) is 32.5 Å². The van der Waals surface area contributed by atoms with Crippen molar-refractivity contribution in [3.05, 3.63) is 0 Å². The van der Waals surface area contributed by atoms with E-state index in [4.69, 9.17) is 0 Å². The van der Waals surface area contributed by atoms with Crippen molar-refractivity contribution < 1.29 is 4.79 Å². The number of unbranched alkanes of at least 4 members (excludes halogenated alkanes) is 11. The maximum Gasteiger partial charge on any atom is 0.133 e. The van der Waals surface area contributed by atoms with Gasteiger partial charge in [0.25, 0.3) is 0 Å². The van der Waals surface area contributed by atoms with Gasteiger partial charge in [-0.1, -0.05) is 77.6 Å². The van der Waals surface area contributed by atoms with Crippen LogP contribution in [0.25, 0.3) is 0 Å². The summed E-state index contributed by atoms with van der Waals surface area (Å²) < 4.78 is 0. The van der Waals surface area contributed by atoms with Crippen molar-refractivity contribution in [3.63, 3.8) is 0 Å². The Labute approximate surface area is 144 Å². The molecular formula is C20H40N2O. The lowest BCUT2D eigenvalue weighted by Gasteiger charge is -2.33. The first-order valence-electron chi connectivity index (χ1n) is 10.2. The summed E-state index contributed by atoms with van der Waals surface area (Å²) in [6.07, 6.45) is 18.1. The fourth-order valence-electron chi connectivity index (χ4n) is 3.48. The summed E-state index contributed by atoms with van der Waals surface area (Å²) in [7, 11) is 0. The van der Waals surface area contributed by atoms with E-state index in [0.29, 0.717) is 6.54 Å². The molecule has 136 valence electrons. The van der Waals surface area contributed by atoms with Crippen molar-refractivity contribution in [2.24, 2.45) is 0 Å². The van der Waals surface area contributed by atoms with Crippen LogP contribution in [0.3, 0.4) is 0 Å². The number of hydrogen-bond donors (Lipinski definition) is 0. The third-order valence-corrected chi connectivity index (χ3v) is 5.13. The molecule has 0 radical (unpaired) electrons. The molecule has 0 aliphatic carbocycles. The molecule has 1 rings (SSSR count). The van der Waals surface area contributed by atoms with Crippen molar-refractivity contribution in [1.82, 2.24) is 9.80 Å². The molecule has 0 aromatic heterocycles. The molecule has 3 nitrogen and oxygen atoms in total. The fraction of sp³-hybridized carbons (Fsp3) is 0.950. The topological polar surface area (TPSA) is 23.6 Å². The summed E-state index contributed by atoms with van der Waals surface area (Å²) in [4.78, 5) is 15.3. The van der Waals surface area contributed by atoms with Gasteiger partial charge in [0.15, 0.2) is 0 Å². The maximum atomic E-state index is 10.5. The zero-order valence-corrected chi connectivity index (χ0v) is 15.6. The van der Waals surface area contributed by atoms with E-state index >= 15 is 0 Å². The Balaban J connectivity index is 1.77. The third-order valence-electron chi connectivity index (χ3n) is 5.13. The SMILES string of the molecule is CCCCCCCCCCCCCCN1CCN(CC=O)CC1. The predicted octanol–water partition coefficient (Wildman–Crippen LogP) is 4.50. The molecule has 1 heterocycles. The van der Waals surface area contributed by atoms with E-state index in [9.17, 15) is 4.79 Å². The lowest BCUT2D eigenvalue weighted by atomic mass is 10.1. The van der Waals surface area contributed by atoms with Gasteiger partial charge in [0.2, 0.25) is 0 Å². The molecule has 1 aliphatic heterocycles. The first kappa shape index (κ1) is 20.6. The third kappa shape index (κ3) is 11.7. The minimum Gasteiger partial charge on any atom is -0.302 e. The second-order valence-corrected chi connectivity index (χ2v) is 7.20. The van der Waals surface area contributed by atoms with Gasteiger partial charge in [-0.05, 0) is 13.0 Å². The highest BCUT2D eigenvalue weighted by molar-refractivity contribution is 5.51. The molecule has 0 amide bonds. The first-order chi connectivity index (χ1) is 11.4. The Kier molecular flexibility index (Phi) is 13.6. The molecule has 1 aliphatic rings. The molecule has 1 saturated heterocycles. The number of carbonyl (C=O) groups excluding carboxylic acids is 1. The molecule has 0 saturated carbocycles. The number of hydrogen-bond acceptors (Lipinski definition) is 3. The van der Waals surface area contributed by atoms with E-state index < -0.39 is 0 Å². The number of aldehydes is 1.